The first kappa shape index (κ1) is 21.5. The van der Waals surface area contributed by atoms with E-state index in [0.29, 0.717) is 11.4 Å². The van der Waals surface area contributed by atoms with E-state index in [2.05, 4.69) is 10.6 Å². The molecule has 3 rings (SSSR count). The van der Waals surface area contributed by atoms with Crippen molar-refractivity contribution in [3.05, 3.63) is 82.7 Å². The zero-order valence-electron chi connectivity index (χ0n) is 16.1. The molecule has 0 saturated heterocycles. The van der Waals surface area contributed by atoms with Crippen LogP contribution in [-0.4, -0.2) is 20.2 Å². The molecule has 0 fully saturated rings. The van der Waals surface area contributed by atoms with E-state index < -0.39 is 16.0 Å². The monoisotopic (exact) mass is 444 g/mol. The zero-order chi connectivity index (χ0) is 21.6. The molecular weight excluding hydrogens is 424 g/mol. The SMILES string of the molecule is CC(=O)NCc1ccc(S(=O)(=O)Oc2ccccc2C(=O)NCc2ccccc2)s1. The maximum atomic E-state index is 12.7. The van der Waals surface area contributed by atoms with Crippen LogP contribution in [-0.2, 0) is 28.0 Å². The van der Waals surface area contributed by atoms with E-state index >= 15 is 0 Å². The average molecular weight is 445 g/mol. The van der Waals surface area contributed by atoms with Crippen LogP contribution < -0.4 is 14.8 Å². The Balaban J connectivity index is 1.73. The van der Waals surface area contributed by atoms with Gasteiger partial charge in [-0.25, -0.2) is 0 Å². The van der Waals surface area contributed by atoms with E-state index in [1.54, 1.807) is 18.2 Å². The maximum absolute atomic E-state index is 12.7. The van der Waals surface area contributed by atoms with Crippen molar-refractivity contribution in [2.45, 2.75) is 24.2 Å². The number of hydrogen-bond acceptors (Lipinski definition) is 6. The number of carbonyl (C=O) groups excluding carboxylic acids is 2. The van der Waals surface area contributed by atoms with Gasteiger partial charge in [-0.1, -0.05) is 42.5 Å². The summed E-state index contributed by atoms with van der Waals surface area (Å²) in [7, 11) is -4.13. The molecule has 2 aromatic carbocycles. The lowest BCUT2D eigenvalue weighted by Crippen LogP contribution is -2.24. The minimum absolute atomic E-state index is 0.0117. The number of nitrogens with one attached hydrogen (secondary N) is 2. The molecule has 0 atom stereocenters. The van der Waals surface area contributed by atoms with Crippen molar-refractivity contribution < 1.29 is 22.2 Å². The molecule has 2 amide bonds. The minimum Gasteiger partial charge on any atom is -0.378 e. The highest BCUT2D eigenvalue weighted by atomic mass is 32.3. The summed E-state index contributed by atoms with van der Waals surface area (Å²) in [5.74, 6) is -0.707. The van der Waals surface area contributed by atoms with E-state index in [0.717, 1.165) is 16.9 Å². The minimum atomic E-state index is -4.13. The Morgan fingerprint density at radius 2 is 1.60 bits per heavy atom. The van der Waals surface area contributed by atoms with E-state index in [9.17, 15) is 18.0 Å². The van der Waals surface area contributed by atoms with Gasteiger partial charge in [-0.05, 0) is 29.8 Å². The van der Waals surface area contributed by atoms with Crippen molar-refractivity contribution in [3.8, 4) is 5.75 Å². The molecular formula is C21H20N2O5S2. The fraction of sp³-hybridized carbons (Fsp3) is 0.143. The molecule has 3 aromatic rings. The van der Waals surface area contributed by atoms with E-state index in [-0.39, 0.29) is 28.0 Å². The van der Waals surface area contributed by atoms with Crippen LogP contribution in [0.1, 0.15) is 27.7 Å². The Hall–Kier alpha value is -3.17. The largest absolute Gasteiger partial charge is 0.378 e. The predicted octanol–water partition coefficient (Wildman–Crippen LogP) is 3.08. The Bertz CT molecular complexity index is 1140. The van der Waals surface area contributed by atoms with Crippen LogP contribution in [0.4, 0.5) is 0 Å². The van der Waals surface area contributed by atoms with Crippen molar-refractivity contribution in [2.24, 2.45) is 0 Å². The molecule has 156 valence electrons. The normalized spacial score (nSPS) is 11.0. The van der Waals surface area contributed by atoms with E-state index in [4.69, 9.17) is 4.18 Å². The quantitative estimate of drug-likeness (QED) is 0.520. The molecule has 0 bridgehead atoms. The fourth-order valence-electron chi connectivity index (χ4n) is 2.56. The van der Waals surface area contributed by atoms with Crippen LogP contribution in [0.3, 0.4) is 0 Å². The Kier molecular flexibility index (Phi) is 6.86. The molecule has 0 saturated carbocycles. The van der Waals surface area contributed by atoms with Crippen LogP contribution in [0.15, 0.2) is 70.9 Å². The van der Waals surface area contributed by atoms with Crippen LogP contribution in [0.5, 0.6) is 5.75 Å². The lowest BCUT2D eigenvalue weighted by atomic mass is 10.1. The number of para-hydroxylation sites is 1. The Labute approximate surface area is 178 Å². The third-order valence-electron chi connectivity index (χ3n) is 4.02. The predicted molar refractivity (Wildman–Crippen MR) is 114 cm³/mol. The molecule has 0 aliphatic heterocycles. The number of benzene rings is 2. The van der Waals surface area contributed by atoms with Gasteiger partial charge >= 0.3 is 10.1 Å². The number of hydrogen-bond donors (Lipinski definition) is 2. The van der Waals surface area contributed by atoms with Crippen LogP contribution >= 0.6 is 11.3 Å². The molecule has 1 heterocycles. The first-order valence-electron chi connectivity index (χ1n) is 9.04. The summed E-state index contributed by atoms with van der Waals surface area (Å²) in [6.45, 7) is 1.92. The van der Waals surface area contributed by atoms with Gasteiger partial charge in [-0.2, -0.15) is 8.42 Å². The topological polar surface area (TPSA) is 102 Å². The highest BCUT2D eigenvalue weighted by Crippen LogP contribution is 2.27. The van der Waals surface area contributed by atoms with Gasteiger partial charge in [-0.15, -0.1) is 11.3 Å². The van der Waals surface area contributed by atoms with Crippen molar-refractivity contribution in [3.63, 3.8) is 0 Å². The van der Waals surface area contributed by atoms with Gasteiger partial charge in [0.15, 0.2) is 9.96 Å². The Morgan fingerprint density at radius 3 is 2.33 bits per heavy atom. The zero-order valence-corrected chi connectivity index (χ0v) is 17.8. The first-order valence-corrected chi connectivity index (χ1v) is 11.3. The van der Waals surface area contributed by atoms with Crippen molar-refractivity contribution in [1.29, 1.82) is 0 Å². The lowest BCUT2D eigenvalue weighted by molar-refractivity contribution is -0.119. The van der Waals surface area contributed by atoms with Crippen LogP contribution in [0.2, 0.25) is 0 Å². The van der Waals surface area contributed by atoms with Crippen molar-refractivity contribution in [1.82, 2.24) is 10.6 Å². The standard InChI is InChI=1S/C21H20N2O5S2/c1-15(24)22-14-17-11-12-20(29-17)30(26,27)28-19-10-6-5-9-18(19)21(25)23-13-16-7-3-2-4-8-16/h2-12H,13-14H2,1H3,(H,22,24)(H,23,25). The second-order valence-electron chi connectivity index (χ2n) is 6.33. The molecule has 30 heavy (non-hydrogen) atoms. The Morgan fingerprint density at radius 1 is 0.900 bits per heavy atom. The first-order chi connectivity index (χ1) is 14.3. The number of rotatable bonds is 8. The molecule has 0 spiro atoms. The number of amides is 2. The van der Waals surface area contributed by atoms with E-state index in [1.165, 1.54) is 25.1 Å². The molecule has 2 N–H and O–H groups in total. The summed E-state index contributed by atoms with van der Waals surface area (Å²) in [4.78, 5) is 24.3. The summed E-state index contributed by atoms with van der Waals surface area (Å²) in [5.41, 5.74) is 1.04. The summed E-state index contributed by atoms with van der Waals surface area (Å²) in [6.07, 6.45) is 0. The highest BCUT2D eigenvalue weighted by molar-refractivity contribution is 7.89. The molecule has 9 heteroatoms. The highest BCUT2D eigenvalue weighted by Gasteiger charge is 2.22. The third kappa shape index (κ3) is 5.68. The van der Waals surface area contributed by atoms with E-state index in [1.807, 2.05) is 30.3 Å². The summed E-state index contributed by atoms with van der Waals surface area (Å²) >= 11 is 0.995. The molecule has 0 radical (unpaired) electrons. The molecule has 0 aliphatic rings. The molecule has 0 unspecified atom stereocenters. The second-order valence-corrected chi connectivity index (χ2v) is 9.27. The molecule has 0 aliphatic carbocycles. The van der Waals surface area contributed by atoms with Gasteiger partial charge in [0.1, 0.15) is 0 Å². The lowest BCUT2D eigenvalue weighted by Gasteiger charge is -2.11. The van der Waals surface area contributed by atoms with Crippen molar-refractivity contribution in [2.75, 3.05) is 0 Å². The maximum Gasteiger partial charge on any atom is 0.348 e. The second kappa shape index (κ2) is 9.55. The van der Waals surface area contributed by atoms with Gasteiger partial charge in [0.2, 0.25) is 5.91 Å². The number of thiophene rings is 1. The van der Waals surface area contributed by atoms with Gasteiger partial charge in [0, 0.05) is 18.3 Å². The fourth-order valence-corrected chi connectivity index (χ4v) is 4.76. The average Bonchev–Trinajstić information content (AvgIpc) is 3.22. The van der Waals surface area contributed by atoms with Crippen LogP contribution in [0.25, 0.3) is 0 Å². The molecule has 1 aromatic heterocycles. The summed E-state index contributed by atoms with van der Waals surface area (Å²) < 4.78 is 30.6. The van der Waals surface area contributed by atoms with Gasteiger partial charge in [0.05, 0.1) is 12.1 Å². The smallest absolute Gasteiger partial charge is 0.348 e. The summed E-state index contributed by atoms with van der Waals surface area (Å²) in [5, 5.41) is 5.37. The summed E-state index contributed by atoms with van der Waals surface area (Å²) in [6, 6.07) is 18.5. The van der Waals surface area contributed by atoms with Crippen molar-refractivity contribution >= 4 is 33.3 Å². The third-order valence-corrected chi connectivity index (χ3v) is 6.79. The molecule has 7 nitrogen and oxygen atoms in total. The van der Waals surface area contributed by atoms with Gasteiger partial charge in [-0.3, -0.25) is 9.59 Å². The number of carbonyl (C=O) groups is 2. The van der Waals surface area contributed by atoms with Gasteiger partial charge < -0.3 is 14.8 Å². The van der Waals surface area contributed by atoms with Gasteiger partial charge in [0.25, 0.3) is 5.91 Å². The van der Waals surface area contributed by atoms with Crippen LogP contribution in [0, 0.1) is 0 Å².